The van der Waals surface area contributed by atoms with E-state index in [2.05, 4.69) is 9.97 Å². The van der Waals surface area contributed by atoms with Gasteiger partial charge in [-0.15, -0.1) is 0 Å². The summed E-state index contributed by atoms with van der Waals surface area (Å²) in [6.45, 7) is 0. The van der Waals surface area contributed by atoms with E-state index in [1.54, 1.807) is 24.3 Å². The largest absolute Gasteiger partial charge is 0.504 e. The normalized spacial score (nSPS) is 10.1. The van der Waals surface area contributed by atoms with Gasteiger partial charge in [-0.25, -0.2) is 9.97 Å². The third-order valence-corrected chi connectivity index (χ3v) is 3.58. The van der Waals surface area contributed by atoms with E-state index in [1.165, 1.54) is 6.20 Å². The molecule has 0 amide bonds. The second-order valence-corrected chi connectivity index (χ2v) is 5.26. The zero-order valence-corrected chi connectivity index (χ0v) is 12.3. The predicted octanol–water partition coefficient (Wildman–Crippen LogP) is 5.46. The molecule has 5 heteroatoms. The van der Waals surface area contributed by atoms with E-state index in [1.807, 2.05) is 24.3 Å². The summed E-state index contributed by atoms with van der Waals surface area (Å²) in [7, 11) is 0. The van der Waals surface area contributed by atoms with Crippen molar-refractivity contribution in [3.63, 3.8) is 0 Å². The second-order valence-electron chi connectivity index (χ2n) is 4.41. The van der Waals surface area contributed by atoms with Crippen LogP contribution in [0.15, 0.2) is 54.7 Å². The monoisotopic (exact) mass is 332 g/mol. The van der Waals surface area contributed by atoms with E-state index >= 15 is 0 Å². The van der Waals surface area contributed by atoms with Crippen LogP contribution in [-0.4, -0.2) is 15.1 Å². The molecule has 0 spiro atoms. The fourth-order valence-corrected chi connectivity index (χ4v) is 2.32. The molecule has 2 aromatic carbocycles. The highest BCUT2D eigenvalue weighted by molar-refractivity contribution is 6.33. The average molecular weight is 333 g/mol. The number of rotatable bonds is 2. The van der Waals surface area contributed by atoms with Crippen LogP contribution in [0.3, 0.4) is 0 Å². The van der Waals surface area contributed by atoms with E-state index in [-0.39, 0.29) is 13.2 Å². The van der Waals surface area contributed by atoms with E-state index in [0.717, 1.165) is 5.56 Å². The van der Waals surface area contributed by atoms with Crippen LogP contribution in [0, 0.1) is 0 Å². The molecule has 1 aromatic heterocycles. The molecule has 1 N–H and O–H groups in total. The first-order valence-electron chi connectivity index (χ1n) is 6.22. The minimum absolute atomic E-state index is 0. The molecule has 1 heterocycles. The van der Waals surface area contributed by atoms with Gasteiger partial charge in [-0.2, -0.15) is 0 Å². The lowest BCUT2D eigenvalue weighted by molar-refractivity contribution is 0.472. The first kappa shape index (κ1) is 16.3. The predicted molar refractivity (Wildman–Crippen MR) is 91.3 cm³/mol. The summed E-state index contributed by atoms with van der Waals surface area (Å²) in [6, 6.07) is 14.4. The Balaban J connectivity index is 0.00000176. The molecule has 0 fully saturated rings. The molecule has 0 bridgehead atoms. The van der Waals surface area contributed by atoms with Crippen LogP contribution in [-0.2, 0) is 0 Å². The highest BCUT2D eigenvalue weighted by atomic mass is 35.5. The molecule has 0 aliphatic heterocycles. The topological polar surface area (TPSA) is 46.0 Å². The van der Waals surface area contributed by atoms with Crippen molar-refractivity contribution in [1.29, 1.82) is 0 Å². The standard InChI is InChI=1S/C16H10Cl2N2O.CH4/c17-11-7-5-10(6-8-11)16-19-9-14(21)15(20-16)12-3-1-2-4-13(12)18;/h1-9,21H;1H4. The number of hydrogen-bond acceptors (Lipinski definition) is 3. The van der Waals surface area contributed by atoms with Gasteiger partial charge in [-0.1, -0.05) is 48.8 Å². The average Bonchev–Trinajstić information content (AvgIpc) is 2.50. The van der Waals surface area contributed by atoms with Crippen LogP contribution in [0.4, 0.5) is 0 Å². The summed E-state index contributed by atoms with van der Waals surface area (Å²) >= 11 is 12.0. The minimum Gasteiger partial charge on any atom is -0.504 e. The first-order chi connectivity index (χ1) is 10.1. The molecule has 0 aliphatic carbocycles. The van der Waals surface area contributed by atoms with Crippen molar-refractivity contribution in [3.05, 3.63) is 64.8 Å². The number of nitrogens with zero attached hydrogens (tertiary/aromatic N) is 2. The summed E-state index contributed by atoms with van der Waals surface area (Å²) in [5.41, 5.74) is 1.88. The van der Waals surface area contributed by atoms with Gasteiger partial charge in [0.2, 0.25) is 0 Å². The Morgan fingerprint density at radius 2 is 1.59 bits per heavy atom. The summed E-state index contributed by atoms with van der Waals surface area (Å²) in [5.74, 6) is 0.486. The molecule has 22 heavy (non-hydrogen) atoms. The summed E-state index contributed by atoms with van der Waals surface area (Å²) < 4.78 is 0. The summed E-state index contributed by atoms with van der Waals surface area (Å²) in [4.78, 5) is 8.56. The summed E-state index contributed by atoms with van der Waals surface area (Å²) in [5, 5.41) is 11.2. The van der Waals surface area contributed by atoms with Gasteiger partial charge in [0.15, 0.2) is 11.6 Å². The lowest BCUT2D eigenvalue weighted by Gasteiger charge is -2.08. The Kier molecular flexibility index (Phi) is 5.01. The maximum Gasteiger partial charge on any atom is 0.160 e. The van der Waals surface area contributed by atoms with E-state index in [4.69, 9.17) is 23.2 Å². The van der Waals surface area contributed by atoms with Gasteiger partial charge in [0.05, 0.1) is 11.2 Å². The molecule has 0 aliphatic rings. The Morgan fingerprint density at radius 1 is 0.909 bits per heavy atom. The van der Waals surface area contributed by atoms with E-state index < -0.39 is 0 Å². The Hall–Kier alpha value is -2.10. The van der Waals surface area contributed by atoms with Crippen LogP contribution in [0.25, 0.3) is 22.6 Å². The van der Waals surface area contributed by atoms with Gasteiger partial charge in [0.1, 0.15) is 5.69 Å². The molecule has 0 saturated carbocycles. The van der Waals surface area contributed by atoms with Gasteiger partial charge in [0.25, 0.3) is 0 Å². The SMILES string of the molecule is C.Oc1cnc(-c2ccc(Cl)cc2)nc1-c1ccccc1Cl. The number of benzene rings is 2. The van der Waals surface area contributed by atoms with Crippen LogP contribution in [0.5, 0.6) is 5.75 Å². The zero-order valence-electron chi connectivity index (χ0n) is 10.8. The van der Waals surface area contributed by atoms with Gasteiger partial charge in [0, 0.05) is 16.1 Å². The van der Waals surface area contributed by atoms with Crippen molar-refractivity contribution in [3.8, 4) is 28.4 Å². The van der Waals surface area contributed by atoms with Crippen molar-refractivity contribution < 1.29 is 5.11 Å². The van der Waals surface area contributed by atoms with Crippen molar-refractivity contribution in [1.82, 2.24) is 9.97 Å². The zero-order chi connectivity index (χ0) is 14.8. The molecule has 3 nitrogen and oxygen atoms in total. The van der Waals surface area contributed by atoms with Gasteiger partial charge in [-0.05, 0) is 30.3 Å². The third kappa shape index (κ3) is 3.21. The lowest BCUT2D eigenvalue weighted by Crippen LogP contribution is -1.93. The number of hydrogen-bond donors (Lipinski definition) is 1. The van der Waals surface area contributed by atoms with Crippen molar-refractivity contribution in [2.24, 2.45) is 0 Å². The molecule has 0 saturated heterocycles. The molecule has 0 radical (unpaired) electrons. The quantitative estimate of drug-likeness (QED) is 0.677. The van der Waals surface area contributed by atoms with Crippen LogP contribution in [0.1, 0.15) is 7.43 Å². The van der Waals surface area contributed by atoms with E-state index in [9.17, 15) is 5.11 Å². The third-order valence-electron chi connectivity index (χ3n) is 3.00. The molecule has 3 rings (SSSR count). The Bertz CT molecular complexity index is 789. The smallest absolute Gasteiger partial charge is 0.160 e. The van der Waals surface area contributed by atoms with Gasteiger partial charge >= 0.3 is 0 Å². The fraction of sp³-hybridized carbons (Fsp3) is 0.0588. The highest BCUT2D eigenvalue weighted by Gasteiger charge is 2.12. The molecular formula is C17H14Cl2N2O. The molecule has 112 valence electrons. The molecule has 0 atom stereocenters. The van der Waals surface area contributed by atoms with Crippen molar-refractivity contribution in [2.75, 3.05) is 0 Å². The van der Waals surface area contributed by atoms with Crippen molar-refractivity contribution >= 4 is 23.2 Å². The van der Waals surface area contributed by atoms with Crippen LogP contribution < -0.4 is 0 Å². The number of aromatic hydroxyl groups is 1. The highest BCUT2D eigenvalue weighted by Crippen LogP contribution is 2.33. The van der Waals surface area contributed by atoms with Gasteiger partial charge in [-0.3, -0.25) is 0 Å². The lowest BCUT2D eigenvalue weighted by atomic mass is 10.1. The van der Waals surface area contributed by atoms with Gasteiger partial charge < -0.3 is 5.11 Å². The molecular weight excluding hydrogens is 319 g/mol. The summed E-state index contributed by atoms with van der Waals surface area (Å²) in [6.07, 6.45) is 1.37. The Morgan fingerprint density at radius 3 is 2.27 bits per heavy atom. The van der Waals surface area contributed by atoms with Crippen molar-refractivity contribution in [2.45, 2.75) is 7.43 Å². The minimum atomic E-state index is -0.0131. The van der Waals surface area contributed by atoms with Crippen LogP contribution in [0.2, 0.25) is 10.0 Å². The molecule has 3 aromatic rings. The fourth-order valence-electron chi connectivity index (χ4n) is 1.96. The maximum absolute atomic E-state index is 10.00. The van der Waals surface area contributed by atoms with E-state index in [0.29, 0.717) is 27.1 Å². The van der Waals surface area contributed by atoms with Crippen LogP contribution >= 0.6 is 23.2 Å². The number of aromatic nitrogens is 2. The maximum atomic E-state index is 10.00. The second kappa shape index (κ2) is 6.77. The molecule has 0 unspecified atom stereocenters. The first-order valence-corrected chi connectivity index (χ1v) is 6.97. The number of halogens is 2. The Labute approximate surface area is 139 Å².